The van der Waals surface area contributed by atoms with Gasteiger partial charge in [-0.15, -0.1) is 11.3 Å². The third kappa shape index (κ3) is 4.56. The van der Waals surface area contributed by atoms with E-state index in [0.29, 0.717) is 5.69 Å². The van der Waals surface area contributed by atoms with Gasteiger partial charge in [0.25, 0.3) is 5.91 Å². The summed E-state index contributed by atoms with van der Waals surface area (Å²) in [5.41, 5.74) is 1.20. The summed E-state index contributed by atoms with van der Waals surface area (Å²) in [4.78, 5) is 16.5. The SMILES string of the molecule is COc1ccc(-c2nc(C(=O)NC[C@H]3CS(=O)(=O)CCO3)cs2)cc1. The Morgan fingerprint density at radius 2 is 2.16 bits per heavy atom. The first-order chi connectivity index (χ1) is 12.0. The van der Waals surface area contributed by atoms with Crippen LogP contribution in [0.1, 0.15) is 10.5 Å². The molecule has 1 aliphatic rings. The maximum Gasteiger partial charge on any atom is 0.270 e. The van der Waals surface area contributed by atoms with Gasteiger partial charge in [0.2, 0.25) is 0 Å². The van der Waals surface area contributed by atoms with Gasteiger partial charge in [0.15, 0.2) is 9.84 Å². The fourth-order valence-corrected chi connectivity index (χ4v) is 4.52. The van der Waals surface area contributed by atoms with Gasteiger partial charge in [-0.2, -0.15) is 0 Å². The third-order valence-electron chi connectivity index (χ3n) is 3.75. The maximum atomic E-state index is 12.2. The van der Waals surface area contributed by atoms with Gasteiger partial charge in [-0.3, -0.25) is 4.79 Å². The van der Waals surface area contributed by atoms with Crippen LogP contribution in [0, 0.1) is 0 Å². The van der Waals surface area contributed by atoms with Crippen LogP contribution in [-0.4, -0.2) is 57.2 Å². The van der Waals surface area contributed by atoms with Crippen LogP contribution in [0.2, 0.25) is 0 Å². The number of hydrogen-bond donors (Lipinski definition) is 1. The number of nitrogens with zero attached hydrogens (tertiary/aromatic N) is 1. The molecule has 134 valence electrons. The standard InChI is InChI=1S/C16H18N2O5S2/c1-22-12-4-2-11(3-5-12)16-18-14(9-24-16)15(19)17-8-13-10-25(20,21)7-6-23-13/h2-5,9,13H,6-8,10H2,1H3,(H,17,19)/t13-/m0/s1. The molecule has 0 aliphatic carbocycles. The quantitative estimate of drug-likeness (QED) is 0.839. The van der Waals surface area contributed by atoms with Crippen LogP contribution in [0.3, 0.4) is 0 Å². The van der Waals surface area contributed by atoms with Crippen LogP contribution in [0.5, 0.6) is 5.75 Å². The van der Waals surface area contributed by atoms with Crippen LogP contribution < -0.4 is 10.1 Å². The average Bonchev–Trinajstić information content (AvgIpc) is 3.09. The Kier molecular flexibility index (Phi) is 5.36. The number of thiazole rings is 1. The first kappa shape index (κ1) is 17.8. The first-order valence-corrected chi connectivity index (χ1v) is 10.4. The van der Waals surface area contributed by atoms with E-state index in [4.69, 9.17) is 9.47 Å². The second-order valence-electron chi connectivity index (χ2n) is 5.58. The number of nitrogens with one attached hydrogen (secondary N) is 1. The van der Waals surface area contributed by atoms with Crippen molar-refractivity contribution in [3.8, 4) is 16.3 Å². The van der Waals surface area contributed by atoms with Crippen molar-refractivity contribution in [2.75, 3.05) is 31.8 Å². The average molecular weight is 382 g/mol. The van der Waals surface area contributed by atoms with E-state index < -0.39 is 15.9 Å². The summed E-state index contributed by atoms with van der Waals surface area (Å²) in [6, 6.07) is 7.41. The number of rotatable bonds is 5. The Morgan fingerprint density at radius 1 is 1.40 bits per heavy atom. The van der Waals surface area contributed by atoms with Crippen LogP contribution in [0.4, 0.5) is 0 Å². The monoisotopic (exact) mass is 382 g/mol. The minimum Gasteiger partial charge on any atom is -0.497 e. The second-order valence-corrected chi connectivity index (χ2v) is 8.67. The topological polar surface area (TPSA) is 94.6 Å². The zero-order valence-corrected chi connectivity index (χ0v) is 15.2. The number of aromatic nitrogens is 1. The largest absolute Gasteiger partial charge is 0.497 e. The Hall–Kier alpha value is -1.97. The first-order valence-electron chi connectivity index (χ1n) is 7.67. The van der Waals surface area contributed by atoms with Gasteiger partial charge < -0.3 is 14.8 Å². The third-order valence-corrected chi connectivity index (χ3v) is 6.31. The van der Waals surface area contributed by atoms with Crippen molar-refractivity contribution >= 4 is 27.1 Å². The van der Waals surface area contributed by atoms with Crippen molar-refractivity contribution in [1.82, 2.24) is 10.3 Å². The molecule has 0 unspecified atom stereocenters. The van der Waals surface area contributed by atoms with E-state index >= 15 is 0 Å². The smallest absolute Gasteiger partial charge is 0.270 e. The summed E-state index contributed by atoms with van der Waals surface area (Å²) in [6.07, 6.45) is -0.512. The fraction of sp³-hybridized carbons (Fsp3) is 0.375. The summed E-state index contributed by atoms with van der Waals surface area (Å²) in [5, 5.41) is 5.09. The molecule has 1 saturated heterocycles. The molecule has 1 fully saturated rings. The lowest BCUT2D eigenvalue weighted by Crippen LogP contribution is -2.42. The van der Waals surface area contributed by atoms with Crippen LogP contribution in [-0.2, 0) is 14.6 Å². The highest BCUT2D eigenvalue weighted by molar-refractivity contribution is 7.91. The predicted octanol–water partition coefficient (Wildman–Crippen LogP) is 1.36. The molecule has 9 heteroatoms. The molecule has 0 bridgehead atoms. The lowest BCUT2D eigenvalue weighted by Gasteiger charge is -2.22. The normalized spacial score (nSPS) is 19.3. The number of carbonyl (C=O) groups is 1. The molecule has 1 aliphatic heterocycles. The van der Waals surface area contributed by atoms with Crippen molar-refractivity contribution in [3.05, 3.63) is 35.3 Å². The predicted molar refractivity (Wildman–Crippen MR) is 94.8 cm³/mol. The molecule has 0 radical (unpaired) electrons. The molecule has 2 aromatic rings. The molecule has 1 aromatic heterocycles. The lowest BCUT2D eigenvalue weighted by molar-refractivity contribution is 0.0661. The van der Waals surface area contributed by atoms with Crippen molar-refractivity contribution in [3.63, 3.8) is 0 Å². The van der Waals surface area contributed by atoms with Gasteiger partial charge in [0, 0.05) is 17.5 Å². The summed E-state index contributed by atoms with van der Waals surface area (Å²) in [5.74, 6) is 0.374. The van der Waals surface area contributed by atoms with Crippen LogP contribution >= 0.6 is 11.3 Å². The van der Waals surface area contributed by atoms with Gasteiger partial charge in [0.1, 0.15) is 16.5 Å². The molecule has 1 atom stereocenters. The van der Waals surface area contributed by atoms with E-state index in [1.54, 1.807) is 12.5 Å². The highest BCUT2D eigenvalue weighted by atomic mass is 32.2. The number of benzene rings is 1. The molecule has 25 heavy (non-hydrogen) atoms. The van der Waals surface area contributed by atoms with Crippen LogP contribution in [0.15, 0.2) is 29.6 Å². The Labute approximate surface area is 149 Å². The molecule has 2 heterocycles. The van der Waals surface area contributed by atoms with E-state index in [1.807, 2.05) is 24.3 Å². The highest BCUT2D eigenvalue weighted by Gasteiger charge is 2.26. The zero-order valence-electron chi connectivity index (χ0n) is 13.6. The maximum absolute atomic E-state index is 12.2. The van der Waals surface area contributed by atoms with Gasteiger partial charge >= 0.3 is 0 Å². The number of hydrogen-bond acceptors (Lipinski definition) is 7. The highest BCUT2D eigenvalue weighted by Crippen LogP contribution is 2.25. The van der Waals surface area contributed by atoms with E-state index in [1.165, 1.54) is 11.3 Å². The van der Waals surface area contributed by atoms with Crippen LogP contribution in [0.25, 0.3) is 10.6 Å². The molecule has 0 spiro atoms. The van der Waals surface area contributed by atoms with Gasteiger partial charge in [-0.1, -0.05) is 0 Å². The number of ether oxygens (including phenoxy) is 2. The van der Waals surface area contributed by atoms with E-state index in [0.717, 1.165) is 16.3 Å². The lowest BCUT2D eigenvalue weighted by atomic mass is 10.2. The summed E-state index contributed by atoms with van der Waals surface area (Å²) < 4.78 is 33.6. The number of methoxy groups -OCH3 is 1. The molecular weight excluding hydrogens is 364 g/mol. The van der Waals surface area contributed by atoms with E-state index in [-0.39, 0.29) is 30.6 Å². The molecule has 0 saturated carbocycles. The Balaban J connectivity index is 1.60. The minimum atomic E-state index is -3.08. The number of carbonyl (C=O) groups excluding carboxylic acids is 1. The number of sulfone groups is 1. The molecular formula is C16H18N2O5S2. The molecule has 1 aromatic carbocycles. The Morgan fingerprint density at radius 3 is 2.84 bits per heavy atom. The van der Waals surface area contributed by atoms with Gasteiger partial charge in [-0.05, 0) is 24.3 Å². The summed E-state index contributed by atoms with van der Waals surface area (Å²) >= 11 is 1.37. The summed E-state index contributed by atoms with van der Waals surface area (Å²) in [6.45, 7) is 0.314. The second kappa shape index (κ2) is 7.51. The van der Waals surface area contributed by atoms with Gasteiger partial charge in [0.05, 0.1) is 31.3 Å². The molecule has 1 N–H and O–H groups in total. The number of amides is 1. The molecule has 7 nitrogen and oxygen atoms in total. The van der Waals surface area contributed by atoms with Crippen molar-refractivity contribution in [1.29, 1.82) is 0 Å². The van der Waals surface area contributed by atoms with Crippen molar-refractivity contribution in [2.45, 2.75) is 6.10 Å². The minimum absolute atomic E-state index is 0.0365. The zero-order chi connectivity index (χ0) is 17.9. The Bertz CT molecular complexity index is 846. The summed E-state index contributed by atoms with van der Waals surface area (Å²) in [7, 11) is -1.48. The van der Waals surface area contributed by atoms with Crippen molar-refractivity contribution in [2.24, 2.45) is 0 Å². The molecule has 3 rings (SSSR count). The van der Waals surface area contributed by atoms with Gasteiger partial charge in [-0.25, -0.2) is 13.4 Å². The van der Waals surface area contributed by atoms with E-state index in [2.05, 4.69) is 10.3 Å². The fourth-order valence-electron chi connectivity index (χ4n) is 2.42. The van der Waals surface area contributed by atoms with Crippen molar-refractivity contribution < 1.29 is 22.7 Å². The van der Waals surface area contributed by atoms with E-state index in [9.17, 15) is 13.2 Å². The molecule has 1 amide bonds.